The first-order chi connectivity index (χ1) is 9.60. The quantitative estimate of drug-likeness (QED) is 0.927. The number of nitrogens with one attached hydrogen (secondary N) is 1. The van der Waals surface area contributed by atoms with Crippen LogP contribution >= 0.6 is 15.9 Å². The second kappa shape index (κ2) is 5.16. The Labute approximate surface area is 127 Å². The summed E-state index contributed by atoms with van der Waals surface area (Å²) in [5.41, 5.74) is 2.07. The molecule has 3 rings (SSSR count). The highest BCUT2D eigenvalue weighted by Gasteiger charge is 2.29. The molecule has 1 fully saturated rings. The normalized spacial score (nSPS) is 14.8. The lowest BCUT2D eigenvalue weighted by atomic mass is 10.2. The van der Waals surface area contributed by atoms with Crippen molar-refractivity contribution in [1.29, 1.82) is 0 Å². The van der Waals surface area contributed by atoms with E-state index in [0.717, 1.165) is 27.4 Å². The lowest BCUT2D eigenvalue weighted by Gasteiger charge is -2.09. The van der Waals surface area contributed by atoms with E-state index in [-0.39, 0.29) is 0 Å². The van der Waals surface area contributed by atoms with Crippen molar-refractivity contribution >= 4 is 21.7 Å². The summed E-state index contributed by atoms with van der Waals surface area (Å²) >= 11 is 3.61. The smallest absolute Gasteiger partial charge is 0.165 e. The van der Waals surface area contributed by atoms with Crippen molar-refractivity contribution < 1.29 is 0 Å². The summed E-state index contributed by atoms with van der Waals surface area (Å²) in [5.74, 6) is 2.15. The molecular formula is C14H18BrN5. The molecule has 1 saturated carbocycles. The van der Waals surface area contributed by atoms with Crippen molar-refractivity contribution in [2.75, 3.05) is 12.4 Å². The highest BCUT2D eigenvalue weighted by Crippen LogP contribution is 2.44. The Morgan fingerprint density at radius 1 is 1.35 bits per heavy atom. The Balaban J connectivity index is 2.05. The number of hydrogen-bond donors (Lipinski definition) is 1. The summed E-state index contributed by atoms with van der Waals surface area (Å²) in [7, 11) is 1.88. The maximum absolute atomic E-state index is 4.73. The number of anilines is 1. The van der Waals surface area contributed by atoms with Crippen LogP contribution in [0, 0.1) is 0 Å². The van der Waals surface area contributed by atoms with Gasteiger partial charge in [-0.1, -0.05) is 0 Å². The Morgan fingerprint density at radius 3 is 2.65 bits per heavy atom. The minimum atomic E-state index is 0.339. The van der Waals surface area contributed by atoms with Gasteiger partial charge in [-0.05, 0) is 42.6 Å². The molecule has 1 N–H and O–H groups in total. The van der Waals surface area contributed by atoms with Crippen molar-refractivity contribution in [3.8, 4) is 11.4 Å². The van der Waals surface area contributed by atoms with Crippen molar-refractivity contribution in [3.63, 3.8) is 0 Å². The second-order valence-electron chi connectivity index (χ2n) is 5.42. The van der Waals surface area contributed by atoms with Crippen LogP contribution in [0.15, 0.2) is 16.9 Å². The highest BCUT2D eigenvalue weighted by atomic mass is 79.9. The third-order valence-corrected chi connectivity index (χ3v) is 4.25. The number of nitrogens with zero attached hydrogens (tertiary/aromatic N) is 4. The van der Waals surface area contributed by atoms with Crippen LogP contribution in [0.3, 0.4) is 0 Å². The van der Waals surface area contributed by atoms with Gasteiger partial charge in [-0.15, -0.1) is 0 Å². The van der Waals surface area contributed by atoms with E-state index in [1.54, 1.807) is 0 Å². The molecule has 0 atom stereocenters. The van der Waals surface area contributed by atoms with Gasteiger partial charge in [0.15, 0.2) is 5.82 Å². The Hall–Kier alpha value is -1.43. The van der Waals surface area contributed by atoms with E-state index in [9.17, 15) is 0 Å². The number of halogens is 1. The average molecular weight is 336 g/mol. The summed E-state index contributed by atoms with van der Waals surface area (Å²) in [6.45, 7) is 4.21. The summed E-state index contributed by atoms with van der Waals surface area (Å²) in [5, 5.41) is 7.50. The summed E-state index contributed by atoms with van der Waals surface area (Å²) in [6.07, 6.45) is 6.26. The Morgan fingerprint density at radius 2 is 2.10 bits per heavy atom. The predicted molar refractivity (Wildman–Crippen MR) is 82.9 cm³/mol. The molecule has 5 nitrogen and oxygen atoms in total. The lowest BCUT2D eigenvalue weighted by Crippen LogP contribution is -2.02. The predicted octanol–water partition coefficient (Wildman–Crippen LogP) is 3.60. The number of rotatable bonds is 4. The van der Waals surface area contributed by atoms with Gasteiger partial charge in [-0.25, -0.2) is 9.97 Å². The van der Waals surface area contributed by atoms with Crippen LogP contribution < -0.4 is 5.32 Å². The van der Waals surface area contributed by atoms with Crippen molar-refractivity contribution in [2.45, 2.75) is 38.6 Å². The van der Waals surface area contributed by atoms with Gasteiger partial charge < -0.3 is 5.32 Å². The van der Waals surface area contributed by atoms with E-state index < -0.39 is 0 Å². The van der Waals surface area contributed by atoms with Crippen LogP contribution in [-0.4, -0.2) is 26.8 Å². The van der Waals surface area contributed by atoms with Crippen LogP contribution in [-0.2, 0) is 0 Å². The maximum Gasteiger partial charge on any atom is 0.165 e. The largest absolute Gasteiger partial charge is 0.372 e. The average Bonchev–Trinajstić information content (AvgIpc) is 3.14. The SMILES string of the molecule is CNc1nc(-c2cnn(C(C)C)c2)nc(C2CC2)c1Br. The fourth-order valence-corrected chi connectivity index (χ4v) is 2.82. The molecule has 0 spiro atoms. The van der Waals surface area contributed by atoms with Gasteiger partial charge in [-0.3, -0.25) is 4.68 Å². The minimum absolute atomic E-state index is 0.339. The Bertz CT molecular complexity index is 630. The van der Waals surface area contributed by atoms with E-state index in [0.29, 0.717) is 12.0 Å². The molecule has 0 amide bonds. The van der Waals surface area contributed by atoms with Gasteiger partial charge in [-0.2, -0.15) is 5.10 Å². The van der Waals surface area contributed by atoms with E-state index in [1.807, 2.05) is 24.1 Å². The topological polar surface area (TPSA) is 55.6 Å². The van der Waals surface area contributed by atoms with Gasteiger partial charge in [0, 0.05) is 25.2 Å². The zero-order chi connectivity index (χ0) is 14.3. The molecular weight excluding hydrogens is 318 g/mol. The first-order valence-electron chi connectivity index (χ1n) is 6.90. The monoisotopic (exact) mass is 335 g/mol. The molecule has 2 aromatic rings. The highest BCUT2D eigenvalue weighted by molar-refractivity contribution is 9.10. The molecule has 0 saturated heterocycles. The van der Waals surface area contributed by atoms with Gasteiger partial charge >= 0.3 is 0 Å². The van der Waals surface area contributed by atoms with E-state index in [2.05, 4.69) is 45.2 Å². The van der Waals surface area contributed by atoms with Gasteiger partial charge in [0.1, 0.15) is 5.82 Å². The minimum Gasteiger partial charge on any atom is -0.372 e. The molecule has 0 bridgehead atoms. The second-order valence-corrected chi connectivity index (χ2v) is 6.22. The summed E-state index contributed by atoms with van der Waals surface area (Å²) < 4.78 is 2.92. The molecule has 0 aliphatic heterocycles. The maximum atomic E-state index is 4.73. The molecule has 1 aliphatic rings. The molecule has 0 unspecified atom stereocenters. The van der Waals surface area contributed by atoms with Crippen LogP contribution in [0.2, 0.25) is 0 Å². The molecule has 0 radical (unpaired) electrons. The van der Waals surface area contributed by atoms with E-state index in [1.165, 1.54) is 12.8 Å². The first-order valence-corrected chi connectivity index (χ1v) is 7.69. The third kappa shape index (κ3) is 2.44. The molecule has 2 aromatic heterocycles. The van der Waals surface area contributed by atoms with Crippen LogP contribution in [0.4, 0.5) is 5.82 Å². The third-order valence-electron chi connectivity index (χ3n) is 3.47. The molecule has 106 valence electrons. The van der Waals surface area contributed by atoms with Gasteiger partial charge in [0.05, 0.1) is 21.9 Å². The molecule has 2 heterocycles. The molecule has 1 aliphatic carbocycles. The van der Waals surface area contributed by atoms with Gasteiger partial charge in [0.2, 0.25) is 0 Å². The number of aromatic nitrogens is 4. The zero-order valence-corrected chi connectivity index (χ0v) is 13.5. The number of hydrogen-bond acceptors (Lipinski definition) is 4. The van der Waals surface area contributed by atoms with Crippen LogP contribution in [0.25, 0.3) is 11.4 Å². The molecule has 0 aromatic carbocycles. The molecule has 20 heavy (non-hydrogen) atoms. The summed E-state index contributed by atoms with van der Waals surface area (Å²) in [6, 6.07) is 0.339. The van der Waals surface area contributed by atoms with Crippen molar-refractivity contribution in [2.24, 2.45) is 0 Å². The molecule has 6 heteroatoms. The first kappa shape index (κ1) is 13.5. The standard InChI is InChI=1S/C14H18BrN5/c1-8(2)20-7-10(6-17-20)13-18-12(9-4-5-9)11(15)14(16-3)19-13/h6-9H,4-5H2,1-3H3,(H,16,18,19). The van der Waals surface area contributed by atoms with Gasteiger partial charge in [0.25, 0.3) is 0 Å². The van der Waals surface area contributed by atoms with E-state index in [4.69, 9.17) is 4.98 Å². The van der Waals surface area contributed by atoms with Crippen LogP contribution in [0.1, 0.15) is 44.3 Å². The van der Waals surface area contributed by atoms with Crippen molar-refractivity contribution in [3.05, 3.63) is 22.6 Å². The van der Waals surface area contributed by atoms with E-state index >= 15 is 0 Å². The fraction of sp³-hybridized carbons (Fsp3) is 0.500. The summed E-state index contributed by atoms with van der Waals surface area (Å²) in [4.78, 5) is 9.32. The Kier molecular flexibility index (Phi) is 3.50. The van der Waals surface area contributed by atoms with Crippen LogP contribution in [0.5, 0.6) is 0 Å². The van der Waals surface area contributed by atoms with Crippen molar-refractivity contribution in [1.82, 2.24) is 19.7 Å². The lowest BCUT2D eigenvalue weighted by molar-refractivity contribution is 0.532. The zero-order valence-electron chi connectivity index (χ0n) is 11.9. The fourth-order valence-electron chi connectivity index (χ4n) is 2.12.